The summed E-state index contributed by atoms with van der Waals surface area (Å²) in [6.07, 6.45) is 0. The fourth-order valence-electron chi connectivity index (χ4n) is 2.59. The molecule has 0 bridgehead atoms. The standard InChI is InChI=1S/C13H19NO3S/c1-6-16-11(15)7-8-9(18-10(7)14)13(4,5)17-12(8,2)3/h6,14H2,1-5H3. The van der Waals surface area contributed by atoms with Gasteiger partial charge in [0.15, 0.2) is 0 Å². The van der Waals surface area contributed by atoms with Crippen LogP contribution in [0.4, 0.5) is 5.00 Å². The average molecular weight is 269 g/mol. The molecule has 0 radical (unpaired) electrons. The molecule has 0 aliphatic carbocycles. The van der Waals surface area contributed by atoms with Gasteiger partial charge in [-0.25, -0.2) is 4.79 Å². The van der Waals surface area contributed by atoms with Crippen molar-refractivity contribution >= 4 is 22.3 Å². The molecule has 0 saturated carbocycles. The molecule has 0 unspecified atom stereocenters. The van der Waals surface area contributed by atoms with Crippen LogP contribution in [0.1, 0.15) is 55.4 Å². The number of ether oxygens (including phenoxy) is 2. The Hall–Kier alpha value is -1.07. The lowest BCUT2D eigenvalue weighted by atomic mass is 9.94. The van der Waals surface area contributed by atoms with Crippen molar-refractivity contribution in [1.82, 2.24) is 0 Å². The van der Waals surface area contributed by atoms with E-state index in [9.17, 15) is 4.79 Å². The number of nitrogens with two attached hydrogens (primary N) is 1. The topological polar surface area (TPSA) is 61.5 Å². The molecule has 0 spiro atoms. The van der Waals surface area contributed by atoms with Crippen molar-refractivity contribution in [2.24, 2.45) is 0 Å². The fourth-order valence-corrected chi connectivity index (χ4v) is 3.83. The molecule has 1 aliphatic heterocycles. The van der Waals surface area contributed by atoms with Crippen LogP contribution < -0.4 is 5.73 Å². The monoisotopic (exact) mass is 269 g/mol. The Bertz CT molecular complexity index is 503. The molecule has 0 fully saturated rings. The number of carbonyl (C=O) groups is 1. The van der Waals surface area contributed by atoms with E-state index in [0.29, 0.717) is 17.2 Å². The molecular weight excluding hydrogens is 250 g/mol. The summed E-state index contributed by atoms with van der Waals surface area (Å²) in [6, 6.07) is 0. The number of anilines is 1. The first-order valence-electron chi connectivity index (χ1n) is 6.01. The zero-order valence-corrected chi connectivity index (χ0v) is 12.2. The van der Waals surface area contributed by atoms with Crippen LogP contribution in [-0.4, -0.2) is 12.6 Å². The van der Waals surface area contributed by atoms with Crippen LogP contribution >= 0.6 is 11.3 Å². The van der Waals surface area contributed by atoms with Gasteiger partial charge in [0, 0.05) is 10.4 Å². The molecule has 1 aromatic heterocycles. The van der Waals surface area contributed by atoms with Crippen molar-refractivity contribution in [3.63, 3.8) is 0 Å². The van der Waals surface area contributed by atoms with Gasteiger partial charge in [0.1, 0.15) is 10.6 Å². The smallest absolute Gasteiger partial charge is 0.341 e. The summed E-state index contributed by atoms with van der Waals surface area (Å²) in [6.45, 7) is 10.0. The van der Waals surface area contributed by atoms with Crippen molar-refractivity contribution in [1.29, 1.82) is 0 Å². The largest absolute Gasteiger partial charge is 0.462 e. The first-order valence-corrected chi connectivity index (χ1v) is 6.83. The Morgan fingerprint density at radius 2 is 1.94 bits per heavy atom. The van der Waals surface area contributed by atoms with Gasteiger partial charge < -0.3 is 15.2 Å². The molecule has 2 heterocycles. The van der Waals surface area contributed by atoms with Gasteiger partial charge in [0.2, 0.25) is 0 Å². The first kappa shape index (κ1) is 13.4. The van der Waals surface area contributed by atoms with Crippen molar-refractivity contribution in [3.05, 3.63) is 16.0 Å². The van der Waals surface area contributed by atoms with E-state index in [2.05, 4.69) is 0 Å². The molecule has 0 amide bonds. The van der Waals surface area contributed by atoms with E-state index in [0.717, 1.165) is 10.4 Å². The van der Waals surface area contributed by atoms with Gasteiger partial charge in [-0.1, -0.05) is 0 Å². The fraction of sp³-hybridized carbons (Fsp3) is 0.615. The summed E-state index contributed by atoms with van der Waals surface area (Å²) >= 11 is 1.42. The minimum atomic E-state index is -0.519. The lowest BCUT2D eigenvalue weighted by Crippen LogP contribution is -2.24. The second kappa shape index (κ2) is 3.96. The molecule has 5 heteroatoms. The molecule has 0 aromatic carbocycles. The third-order valence-corrected chi connectivity index (χ3v) is 4.40. The van der Waals surface area contributed by atoms with E-state index in [1.165, 1.54) is 11.3 Å². The molecule has 2 rings (SSSR count). The molecule has 4 nitrogen and oxygen atoms in total. The number of nitrogen functional groups attached to an aromatic ring is 1. The van der Waals surface area contributed by atoms with Gasteiger partial charge >= 0.3 is 5.97 Å². The van der Waals surface area contributed by atoms with Gasteiger partial charge in [-0.3, -0.25) is 0 Å². The number of carbonyl (C=O) groups excluding carboxylic acids is 1. The van der Waals surface area contributed by atoms with Crippen molar-refractivity contribution in [3.8, 4) is 0 Å². The SMILES string of the molecule is CCOC(=O)c1c(N)sc2c1C(C)(C)OC2(C)C. The van der Waals surface area contributed by atoms with Gasteiger partial charge in [0.25, 0.3) is 0 Å². The highest BCUT2D eigenvalue weighted by atomic mass is 32.1. The summed E-state index contributed by atoms with van der Waals surface area (Å²) in [5, 5.41) is 0.517. The number of hydrogen-bond acceptors (Lipinski definition) is 5. The maximum atomic E-state index is 12.0. The number of thiophene rings is 1. The van der Waals surface area contributed by atoms with Crippen molar-refractivity contribution in [2.75, 3.05) is 12.3 Å². The van der Waals surface area contributed by atoms with Crippen molar-refractivity contribution < 1.29 is 14.3 Å². The van der Waals surface area contributed by atoms with Crippen LogP contribution in [0.15, 0.2) is 0 Å². The van der Waals surface area contributed by atoms with E-state index in [-0.39, 0.29) is 5.97 Å². The summed E-state index contributed by atoms with van der Waals surface area (Å²) in [7, 11) is 0. The van der Waals surface area contributed by atoms with E-state index in [4.69, 9.17) is 15.2 Å². The maximum absolute atomic E-state index is 12.0. The summed E-state index contributed by atoms with van der Waals surface area (Å²) < 4.78 is 11.1. The van der Waals surface area contributed by atoms with Crippen LogP contribution in [0.5, 0.6) is 0 Å². The van der Waals surface area contributed by atoms with Gasteiger partial charge in [0.05, 0.1) is 17.8 Å². The van der Waals surface area contributed by atoms with E-state index >= 15 is 0 Å². The number of rotatable bonds is 2. The van der Waals surface area contributed by atoms with E-state index < -0.39 is 11.2 Å². The lowest BCUT2D eigenvalue weighted by Gasteiger charge is -2.25. The van der Waals surface area contributed by atoms with Crippen LogP contribution in [0.25, 0.3) is 0 Å². The van der Waals surface area contributed by atoms with Crippen LogP contribution in [0, 0.1) is 0 Å². The van der Waals surface area contributed by atoms with Crippen LogP contribution in [0.2, 0.25) is 0 Å². The second-order valence-corrected chi connectivity index (χ2v) is 6.44. The molecule has 1 aliphatic rings. The molecule has 2 N–H and O–H groups in total. The lowest BCUT2D eigenvalue weighted by molar-refractivity contribution is -0.104. The number of esters is 1. The zero-order chi connectivity index (χ0) is 13.7. The normalized spacial score (nSPS) is 19.6. The van der Waals surface area contributed by atoms with Gasteiger partial charge in [-0.2, -0.15) is 0 Å². The molecule has 18 heavy (non-hydrogen) atoms. The molecule has 0 atom stereocenters. The zero-order valence-electron chi connectivity index (χ0n) is 11.4. The second-order valence-electron chi connectivity index (χ2n) is 5.39. The molecular formula is C13H19NO3S. The number of fused-ring (bicyclic) bond motifs is 1. The highest BCUT2D eigenvalue weighted by molar-refractivity contribution is 7.16. The Kier molecular flexibility index (Phi) is 2.94. The summed E-state index contributed by atoms with van der Waals surface area (Å²) in [4.78, 5) is 13.1. The molecule has 100 valence electrons. The van der Waals surface area contributed by atoms with Gasteiger partial charge in [-0.05, 0) is 34.6 Å². The Labute approximate surface area is 111 Å². The highest BCUT2D eigenvalue weighted by Crippen LogP contribution is 2.53. The predicted octanol–water partition coefficient (Wildman–Crippen LogP) is 3.01. The highest BCUT2D eigenvalue weighted by Gasteiger charge is 2.48. The predicted molar refractivity (Wildman–Crippen MR) is 71.8 cm³/mol. The van der Waals surface area contributed by atoms with Gasteiger partial charge in [-0.15, -0.1) is 11.3 Å². The van der Waals surface area contributed by atoms with Crippen LogP contribution in [-0.2, 0) is 20.7 Å². The van der Waals surface area contributed by atoms with E-state index in [1.54, 1.807) is 6.92 Å². The minimum Gasteiger partial charge on any atom is -0.462 e. The summed E-state index contributed by atoms with van der Waals surface area (Å²) in [5.74, 6) is -0.359. The Balaban J connectivity index is 2.62. The third-order valence-electron chi connectivity index (χ3n) is 3.07. The number of hydrogen-bond donors (Lipinski definition) is 1. The summed E-state index contributed by atoms with van der Waals surface area (Å²) in [5.41, 5.74) is 6.42. The molecule has 0 saturated heterocycles. The first-order chi connectivity index (χ1) is 8.20. The maximum Gasteiger partial charge on any atom is 0.341 e. The Morgan fingerprint density at radius 1 is 1.33 bits per heavy atom. The average Bonchev–Trinajstić information content (AvgIpc) is 2.62. The van der Waals surface area contributed by atoms with E-state index in [1.807, 2.05) is 27.7 Å². The molecule has 1 aromatic rings. The Morgan fingerprint density at radius 3 is 2.50 bits per heavy atom. The minimum absolute atomic E-state index is 0.341. The van der Waals surface area contributed by atoms with Crippen molar-refractivity contribution in [2.45, 2.75) is 45.8 Å². The third kappa shape index (κ3) is 1.82. The quantitative estimate of drug-likeness (QED) is 0.838. The van der Waals surface area contributed by atoms with Crippen LogP contribution in [0.3, 0.4) is 0 Å².